The molecule has 0 bridgehead atoms. The number of benzene rings is 1. The zero-order valence-electron chi connectivity index (χ0n) is 17.7. The van der Waals surface area contributed by atoms with Gasteiger partial charge in [-0.3, -0.25) is 4.79 Å². The molecule has 2 fully saturated rings. The Morgan fingerprint density at radius 3 is 2.31 bits per heavy atom. The van der Waals surface area contributed by atoms with Gasteiger partial charge in [-0.2, -0.15) is 0 Å². The van der Waals surface area contributed by atoms with Crippen LogP contribution in [-0.4, -0.2) is 48.8 Å². The van der Waals surface area contributed by atoms with E-state index in [-0.39, 0.29) is 30.7 Å². The molecule has 0 spiro atoms. The van der Waals surface area contributed by atoms with Crippen LogP contribution >= 0.6 is 11.6 Å². The predicted octanol–water partition coefficient (Wildman–Crippen LogP) is 5.07. The average Bonchev–Trinajstić information content (AvgIpc) is 2.63. The lowest BCUT2D eigenvalue weighted by Crippen LogP contribution is -2.57. The maximum absolute atomic E-state index is 15.3. The van der Waals surface area contributed by atoms with E-state index in [4.69, 9.17) is 11.6 Å². The maximum Gasteiger partial charge on any atom is 0.230 e. The van der Waals surface area contributed by atoms with Gasteiger partial charge in [-0.05, 0) is 61.8 Å². The monoisotopic (exact) mass is 426 g/mol. The van der Waals surface area contributed by atoms with E-state index in [2.05, 4.69) is 31.0 Å². The number of carbonyl (C=O) groups excluding carboxylic acids is 1. The van der Waals surface area contributed by atoms with Crippen LogP contribution in [-0.2, 0) is 10.2 Å². The molecule has 1 aliphatic carbocycles. The van der Waals surface area contributed by atoms with Crippen molar-refractivity contribution in [3.63, 3.8) is 0 Å². The van der Waals surface area contributed by atoms with Gasteiger partial charge in [0.25, 0.3) is 0 Å². The molecule has 6 heteroatoms. The zero-order chi connectivity index (χ0) is 21.3. The maximum atomic E-state index is 15.3. The summed E-state index contributed by atoms with van der Waals surface area (Å²) in [6.45, 7) is 9.02. The first-order valence-corrected chi connectivity index (χ1v) is 11.0. The molecule has 0 aromatic heterocycles. The first kappa shape index (κ1) is 22.5. The van der Waals surface area contributed by atoms with E-state index < -0.39 is 17.3 Å². The Kier molecular flexibility index (Phi) is 6.59. The number of rotatable bonds is 6. The van der Waals surface area contributed by atoms with E-state index >= 15 is 4.39 Å². The van der Waals surface area contributed by atoms with E-state index in [9.17, 15) is 9.18 Å². The highest BCUT2D eigenvalue weighted by molar-refractivity contribution is 6.30. The smallest absolute Gasteiger partial charge is 0.230 e. The molecule has 3 nitrogen and oxygen atoms in total. The van der Waals surface area contributed by atoms with Gasteiger partial charge in [-0.25, -0.2) is 8.78 Å². The van der Waals surface area contributed by atoms with Crippen LogP contribution in [0.2, 0.25) is 5.02 Å². The molecule has 3 rings (SSSR count). The van der Waals surface area contributed by atoms with Gasteiger partial charge in [0.05, 0.1) is 12.0 Å². The number of likely N-dealkylation sites (tertiary alicyclic amines) is 1. The normalized spacial score (nSPS) is 27.3. The summed E-state index contributed by atoms with van der Waals surface area (Å²) in [6.07, 6.45) is 1.19. The second kappa shape index (κ2) is 8.50. The molecule has 1 aliphatic heterocycles. The lowest BCUT2D eigenvalue weighted by molar-refractivity contribution is -0.133. The highest BCUT2D eigenvalue weighted by Crippen LogP contribution is 2.46. The predicted molar refractivity (Wildman–Crippen MR) is 114 cm³/mol. The van der Waals surface area contributed by atoms with Gasteiger partial charge in [-0.1, -0.05) is 44.5 Å². The number of nitrogens with zero attached hydrogens (tertiary/aromatic N) is 1. The van der Waals surface area contributed by atoms with Gasteiger partial charge in [0.2, 0.25) is 5.91 Å². The van der Waals surface area contributed by atoms with Crippen molar-refractivity contribution in [3.05, 3.63) is 34.9 Å². The Balaban J connectivity index is 1.55. The third kappa shape index (κ3) is 5.49. The van der Waals surface area contributed by atoms with Crippen LogP contribution in [0, 0.1) is 5.41 Å². The minimum atomic E-state index is -1.39. The number of carbonyl (C=O) groups is 1. The molecule has 1 amide bonds. The molecule has 2 aliphatic rings. The molecule has 162 valence electrons. The second-order valence-corrected chi connectivity index (χ2v) is 10.5. The molecule has 0 unspecified atom stereocenters. The average molecular weight is 427 g/mol. The summed E-state index contributed by atoms with van der Waals surface area (Å²) in [4.78, 5) is 15.3. The number of nitrogens with one attached hydrogen (secondary N) is 1. The third-order valence-electron chi connectivity index (χ3n) is 6.47. The van der Waals surface area contributed by atoms with Crippen molar-refractivity contribution in [1.82, 2.24) is 10.2 Å². The van der Waals surface area contributed by atoms with E-state index in [1.165, 1.54) is 0 Å². The summed E-state index contributed by atoms with van der Waals surface area (Å²) < 4.78 is 29.0. The van der Waals surface area contributed by atoms with Crippen LogP contribution in [0.3, 0.4) is 0 Å². The fourth-order valence-corrected chi connectivity index (χ4v) is 4.40. The summed E-state index contributed by atoms with van der Waals surface area (Å²) in [5.74, 6) is -0.277. The Morgan fingerprint density at radius 1 is 1.21 bits per heavy atom. The molecule has 1 aromatic rings. The Morgan fingerprint density at radius 2 is 1.79 bits per heavy atom. The lowest BCUT2D eigenvalue weighted by atomic mass is 9.62. The van der Waals surface area contributed by atoms with Crippen LogP contribution in [0.25, 0.3) is 0 Å². The van der Waals surface area contributed by atoms with Crippen LogP contribution < -0.4 is 5.32 Å². The fourth-order valence-electron chi connectivity index (χ4n) is 4.27. The summed E-state index contributed by atoms with van der Waals surface area (Å²) >= 11 is 5.94. The Hall–Kier alpha value is -1.20. The van der Waals surface area contributed by atoms with Gasteiger partial charge in [0.1, 0.15) is 11.8 Å². The van der Waals surface area contributed by atoms with E-state index in [1.54, 1.807) is 24.3 Å². The van der Waals surface area contributed by atoms with Crippen molar-refractivity contribution < 1.29 is 13.6 Å². The number of alkyl halides is 2. The minimum absolute atomic E-state index is 0.00869. The molecule has 1 heterocycles. The van der Waals surface area contributed by atoms with Gasteiger partial charge in [0, 0.05) is 18.1 Å². The first-order valence-electron chi connectivity index (χ1n) is 10.6. The highest BCUT2D eigenvalue weighted by atomic mass is 35.5. The zero-order valence-corrected chi connectivity index (χ0v) is 18.5. The van der Waals surface area contributed by atoms with Crippen LogP contribution in [0.15, 0.2) is 24.3 Å². The van der Waals surface area contributed by atoms with E-state index in [0.29, 0.717) is 31.0 Å². The number of halogens is 3. The Labute approximate surface area is 178 Å². The summed E-state index contributed by atoms with van der Waals surface area (Å²) in [7, 11) is 0. The largest absolute Gasteiger partial charge is 0.352 e. The highest BCUT2D eigenvalue weighted by Gasteiger charge is 2.52. The molecule has 0 atom stereocenters. The van der Waals surface area contributed by atoms with E-state index in [0.717, 1.165) is 18.5 Å². The van der Waals surface area contributed by atoms with E-state index in [1.807, 2.05) is 0 Å². The third-order valence-corrected chi connectivity index (χ3v) is 6.72. The van der Waals surface area contributed by atoms with Crippen LogP contribution in [0.5, 0.6) is 0 Å². The van der Waals surface area contributed by atoms with Crippen molar-refractivity contribution in [1.29, 1.82) is 0 Å². The van der Waals surface area contributed by atoms with Crippen molar-refractivity contribution in [2.45, 2.75) is 70.1 Å². The number of hydrogen-bond acceptors (Lipinski definition) is 2. The van der Waals surface area contributed by atoms with Crippen molar-refractivity contribution >= 4 is 17.5 Å². The number of piperidine rings is 1. The van der Waals surface area contributed by atoms with Crippen LogP contribution in [0.1, 0.15) is 58.4 Å². The van der Waals surface area contributed by atoms with Crippen LogP contribution in [0.4, 0.5) is 8.78 Å². The second-order valence-electron chi connectivity index (χ2n) is 10.1. The quantitative estimate of drug-likeness (QED) is 0.689. The molecule has 1 saturated heterocycles. The van der Waals surface area contributed by atoms with Crippen molar-refractivity contribution in [2.75, 3.05) is 26.2 Å². The minimum Gasteiger partial charge on any atom is -0.352 e. The number of hydrogen-bond donors (Lipinski definition) is 1. The molecular formula is C23H33ClF2N2O. The first-order chi connectivity index (χ1) is 13.5. The molecular weight excluding hydrogens is 394 g/mol. The molecule has 1 N–H and O–H groups in total. The Bertz CT molecular complexity index is 703. The van der Waals surface area contributed by atoms with Crippen molar-refractivity contribution in [3.8, 4) is 0 Å². The van der Waals surface area contributed by atoms with Crippen molar-refractivity contribution in [2.24, 2.45) is 5.41 Å². The standard InChI is InChI=1S/C23H33ClF2N2O/c1-21(2,3)8-11-28-12-9-22(26,10-13-28)16-27-20(29)23(14-19(25)15-23)17-4-6-18(24)7-5-17/h4-7,19H,8-16H2,1-3H3,(H,27,29)/t19-,23-. The number of amides is 1. The SMILES string of the molecule is CC(C)(C)CCN1CCC(F)(CNC(=O)[C@]2(c3ccc(Cl)cc3)C[C@@H](F)C2)CC1. The lowest BCUT2D eigenvalue weighted by Gasteiger charge is -2.44. The summed E-state index contributed by atoms with van der Waals surface area (Å²) in [6, 6.07) is 6.96. The molecule has 29 heavy (non-hydrogen) atoms. The van der Waals surface area contributed by atoms with Gasteiger partial charge in [0.15, 0.2) is 0 Å². The fraction of sp³-hybridized carbons (Fsp3) is 0.696. The van der Waals surface area contributed by atoms with Gasteiger partial charge in [-0.15, -0.1) is 0 Å². The molecule has 0 radical (unpaired) electrons. The van der Waals surface area contributed by atoms with Gasteiger partial charge >= 0.3 is 0 Å². The summed E-state index contributed by atoms with van der Waals surface area (Å²) in [5, 5.41) is 3.38. The summed E-state index contributed by atoms with van der Waals surface area (Å²) in [5.41, 5.74) is -1.29. The topological polar surface area (TPSA) is 32.3 Å². The van der Waals surface area contributed by atoms with Gasteiger partial charge < -0.3 is 10.2 Å². The molecule has 1 aromatic carbocycles. The molecule has 1 saturated carbocycles.